The highest BCUT2D eigenvalue weighted by Crippen LogP contribution is 2.20. The summed E-state index contributed by atoms with van der Waals surface area (Å²) in [6.07, 6.45) is 1.07. The van der Waals surface area contributed by atoms with Crippen molar-refractivity contribution in [2.24, 2.45) is 0 Å². The summed E-state index contributed by atoms with van der Waals surface area (Å²) >= 11 is 0. The number of carbonyl (C=O) groups is 1. The Hall–Kier alpha value is -2.17. The van der Waals surface area contributed by atoms with Gasteiger partial charge in [0.05, 0.1) is 6.61 Å². The third-order valence-electron chi connectivity index (χ3n) is 4.90. The Labute approximate surface area is 149 Å². The van der Waals surface area contributed by atoms with Gasteiger partial charge in [-0.25, -0.2) is 0 Å². The molecule has 4 nitrogen and oxygen atoms in total. The number of hydrogen-bond donors (Lipinski definition) is 1. The van der Waals surface area contributed by atoms with Crippen LogP contribution in [-0.2, 0) is 24.3 Å². The SMILES string of the molecule is COCc1ccccc1C(=O)NC[C@H](C)N1CCc2ccccc2C1. The molecule has 0 aromatic heterocycles. The molecule has 0 radical (unpaired) electrons. The molecule has 0 fully saturated rings. The number of rotatable bonds is 6. The summed E-state index contributed by atoms with van der Waals surface area (Å²) < 4.78 is 5.18. The molecule has 1 heterocycles. The van der Waals surface area contributed by atoms with E-state index in [2.05, 4.69) is 41.4 Å². The van der Waals surface area contributed by atoms with Crippen molar-refractivity contribution in [3.05, 3.63) is 70.8 Å². The van der Waals surface area contributed by atoms with Crippen molar-refractivity contribution in [1.29, 1.82) is 0 Å². The van der Waals surface area contributed by atoms with E-state index in [9.17, 15) is 4.79 Å². The first kappa shape index (κ1) is 17.6. The Bertz CT molecular complexity index is 729. The Morgan fingerprint density at radius 3 is 2.68 bits per heavy atom. The molecule has 25 heavy (non-hydrogen) atoms. The van der Waals surface area contributed by atoms with E-state index in [1.807, 2.05) is 24.3 Å². The Morgan fingerprint density at radius 1 is 1.16 bits per heavy atom. The lowest BCUT2D eigenvalue weighted by molar-refractivity contribution is 0.0927. The molecule has 3 rings (SSSR count). The number of amides is 1. The average Bonchev–Trinajstić information content (AvgIpc) is 2.66. The van der Waals surface area contributed by atoms with E-state index in [1.165, 1.54) is 11.1 Å². The second kappa shape index (κ2) is 8.28. The molecule has 0 unspecified atom stereocenters. The highest BCUT2D eigenvalue weighted by atomic mass is 16.5. The van der Waals surface area contributed by atoms with E-state index in [0.717, 1.165) is 25.1 Å². The number of nitrogens with zero attached hydrogens (tertiary/aromatic N) is 1. The normalized spacial score (nSPS) is 15.4. The zero-order valence-electron chi connectivity index (χ0n) is 15.0. The van der Waals surface area contributed by atoms with Crippen LogP contribution < -0.4 is 5.32 Å². The van der Waals surface area contributed by atoms with Gasteiger partial charge in [-0.1, -0.05) is 42.5 Å². The smallest absolute Gasteiger partial charge is 0.251 e. The van der Waals surface area contributed by atoms with Crippen LogP contribution in [0.3, 0.4) is 0 Å². The maximum absolute atomic E-state index is 12.5. The first-order valence-corrected chi connectivity index (χ1v) is 8.85. The molecular formula is C21H26N2O2. The van der Waals surface area contributed by atoms with Crippen molar-refractivity contribution in [2.45, 2.75) is 32.5 Å². The molecule has 2 aromatic rings. The van der Waals surface area contributed by atoms with Gasteiger partial charge in [-0.05, 0) is 36.1 Å². The van der Waals surface area contributed by atoms with Crippen LogP contribution in [0.15, 0.2) is 48.5 Å². The van der Waals surface area contributed by atoms with Crippen molar-refractivity contribution in [1.82, 2.24) is 10.2 Å². The van der Waals surface area contributed by atoms with Gasteiger partial charge in [0.15, 0.2) is 0 Å². The van der Waals surface area contributed by atoms with Crippen LogP contribution in [0, 0.1) is 0 Å². The van der Waals surface area contributed by atoms with E-state index in [4.69, 9.17) is 4.74 Å². The molecule has 1 aliphatic rings. The Balaban J connectivity index is 1.58. The van der Waals surface area contributed by atoms with Crippen molar-refractivity contribution >= 4 is 5.91 Å². The average molecular weight is 338 g/mol. The van der Waals surface area contributed by atoms with E-state index < -0.39 is 0 Å². The lowest BCUT2D eigenvalue weighted by atomic mass is 9.99. The number of methoxy groups -OCH3 is 1. The lowest BCUT2D eigenvalue weighted by Crippen LogP contribution is -2.44. The van der Waals surface area contributed by atoms with Crippen molar-refractivity contribution in [3.63, 3.8) is 0 Å². The fourth-order valence-corrected chi connectivity index (χ4v) is 3.38. The summed E-state index contributed by atoms with van der Waals surface area (Å²) in [6, 6.07) is 16.5. The van der Waals surface area contributed by atoms with Gasteiger partial charge in [-0.2, -0.15) is 0 Å². The molecule has 0 aliphatic carbocycles. The number of fused-ring (bicyclic) bond motifs is 1. The van der Waals surface area contributed by atoms with Gasteiger partial charge in [-0.3, -0.25) is 9.69 Å². The first-order valence-electron chi connectivity index (χ1n) is 8.85. The second-order valence-corrected chi connectivity index (χ2v) is 6.64. The molecule has 0 spiro atoms. The standard InChI is InChI=1S/C21H26N2O2/c1-16(23-12-11-17-7-3-4-8-18(17)14-23)13-22-21(24)20-10-6-5-9-19(20)15-25-2/h3-10,16H,11-15H2,1-2H3,(H,22,24)/t16-/m0/s1. The summed E-state index contributed by atoms with van der Waals surface area (Å²) in [4.78, 5) is 15.0. The first-order chi connectivity index (χ1) is 12.2. The monoisotopic (exact) mass is 338 g/mol. The van der Waals surface area contributed by atoms with Gasteiger partial charge in [0.1, 0.15) is 0 Å². The third kappa shape index (κ3) is 4.27. The predicted octanol–water partition coefficient (Wildman–Crippen LogP) is 3.01. The third-order valence-corrected chi connectivity index (χ3v) is 4.90. The van der Waals surface area contributed by atoms with Crippen molar-refractivity contribution < 1.29 is 9.53 Å². The maximum Gasteiger partial charge on any atom is 0.251 e. The summed E-state index contributed by atoms with van der Waals surface area (Å²) in [6.45, 7) is 5.25. The van der Waals surface area contributed by atoms with Gasteiger partial charge >= 0.3 is 0 Å². The van der Waals surface area contributed by atoms with E-state index in [1.54, 1.807) is 7.11 Å². The van der Waals surface area contributed by atoms with Crippen molar-refractivity contribution in [2.75, 3.05) is 20.2 Å². The van der Waals surface area contributed by atoms with Gasteiger partial charge in [0.25, 0.3) is 5.91 Å². The fraction of sp³-hybridized carbons (Fsp3) is 0.381. The van der Waals surface area contributed by atoms with Gasteiger partial charge in [0, 0.05) is 38.3 Å². The van der Waals surface area contributed by atoms with Crippen LogP contribution in [0.2, 0.25) is 0 Å². The molecule has 1 atom stereocenters. The van der Waals surface area contributed by atoms with E-state index in [0.29, 0.717) is 24.8 Å². The molecule has 2 aromatic carbocycles. The summed E-state index contributed by atoms with van der Waals surface area (Å²) in [7, 11) is 1.64. The predicted molar refractivity (Wildman–Crippen MR) is 99.5 cm³/mol. The molecule has 0 saturated carbocycles. The number of ether oxygens (including phenoxy) is 1. The quantitative estimate of drug-likeness (QED) is 0.880. The molecule has 1 amide bonds. The highest BCUT2D eigenvalue weighted by Gasteiger charge is 2.21. The van der Waals surface area contributed by atoms with E-state index >= 15 is 0 Å². The zero-order chi connectivity index (χ0) is 17.6. The molecule has 132 valence electrons. The number of nitrogens with one attached hydrogen (secondary N) is 1. The van der Waals surface area contributed by atoms with Gasteiger partial charge < -0.3 is 10.1 Å². The van der Waals surface area contributed by atoms with Crippen LogP contribution >= 0.6 is 0 Å². The Kier molecular flexibility index (Phi) is 5.84. The highest BCUT2D eigenvalue weighted by molar-refractivity contribution is 5.95. The topological polar surface area (TPSA) is 41.6 Å². The van der Waals surface area contributed by atoms with Crippen LogP contribution in [-0.4, -0.2) is 37.0 Å². The number of benzene rings is 2. The minimum absolute atomic E-state index is 0.0306. The number of carbonyl (C=O) groups excluding carboxylic acids is 1. The second-order valence-electron chi connectivity index (χ2n) is 6.64. The Morgan fingerprint density at radius 2 is 1.88 bits per heavy atom. The molecule has 4 heteroatoms. The van der Waals surface area contributed by atoms with Gasteiger partial charge in [-0.15, -0.1) is 0 Å². The van der Waals surface area contributed by atoms with Crippen LogP contribution in [0.25, 0.3) is 0 Å². The summed E-state index contributed by atoms with van der Waals surface area (Å²) in [5.74, 6) is -0.0306. The van der Waals surface area contributed by atoms with Crippen LogP contribution in [0.4, 0.5) is 0 Å². The molecule has 1 aliphatic heterocycles. The molecule has 0 saturated heterocycles. The minimum Gasteiger partial charge on any atom is -0.380 e. The van der Waals surface area contributed by atoms with E-state index in [-0.39, 0.29) is 5.91 Å². The van der Waals surface area contributed by atoms with Gasteiger partial charge in [0.2, 0.25) is 0 Å². The summed E-state index contributed by atoms with van der Waals surface area (Å²) in [5.41, 5.74) is 4.46. The van der Waals surface area contributed by atoms with Crippen molar-refractivity contribution in [3.8, 4) is 0 Å². The zero-order valence-corrected chi connectivity index (χ0v) is 15.0. The summed E-state index contributed by atoms with van der Waals surface area (Å²) in [5, 5.41) is 3.08. The fourth-order valence-electron chi connectivity index (χ4n) is 3.38. The molecule has 1 N–H and O–H groups in total. The largest absolute Gasteiger partial charge is 0.380 e. The minimum atomic E-state index is -0.0306. The maximum atomic E-state index is 12.5. The lowest BCUT2D eigenvalue weighted by Gasteiger charge is -2.33. The van der Waals surface area contributed by atoms with Crippen LogP contribution in [0.5, 0.6) is 0 Å². The van der Waals surface area contributed by atoms with Crippen LogP contribution in [0.1, 0.15) is 34.0 Å². The number of hydrogen-bond acceptors (Lipinski definition) is 3. The molecule has 0 bridgehead atoms. The molecular weight excluding hydrogens is 312 g/mol.